The fourth-order valence-electron chi connectivity index (χ4n) is 9.66. The van der Waals surface area contributed by atoms with Crippen molar-refractivity contribution in [3.8, 4) is 82.6 Å². The van der Waals surface area contributed by atoms with Crippen molar-refractivity contribution in [2.24, 2.45) is 0 Å². The third-order valence-electron chi connectivity index (χ3n) is 12.7. The molecule has 0 radical (unpaired) electrons. The van der Waals surface area contributed by atoms with Crippen molar-refractivity contribution < 1.29 is 17.9 Å². The minimum absolute atomic E-state index is 0.00376. The number of allylic oxidation sites excluding steroid dienone is 7. The van der Waals surface area contributed by atoms with Crippen LogP contribution < -0.4 is 4.74 Å². The summed E-state index contributed by atoms with van der Waals surface area (Å²) < 4.78 is 45.1. The van der Waals surface area contributed by atoms with Crippen LogP contribution in [0.4, 0.5) is 13.2 Å². The van der Waals surface area contributed by atoms with Crippen LogP contribution in [-0.2, 0) is 0 Å². The molecule has 0 unspecified atom stereocenters. The topological polar surface area (TPSA) is 228 Å². The molecule has 0 spiro atoms. The lowest BCUT2D eigenvalue weighted by Gasteiger charge is -2.24. The van der Waals surface area contributed by atoms with E-state index in [9.17, 15) is 60.5 Å². The van der Waals surface area contributed by atoms with Gasteiger partial charge < -0.3 is 4.74 Å². The van der Waals surface area contributed by atoms with E-state index in [2.05, 4.69) is 52.1 Å². The van der Waals surface area contributed by atoms with E-state index in [0.717, 1.165) is 17.7 Å². The van der Waals surface area contributed by atoms with Gasteiger partial charge in [-0.1, -0.05) is 66.2 Å². The van der Waals surface area contributed by atoms with Gasteiger partial charge in [0.25, 0.3) is 0 Å². The van der Waals surface area contributed by atoms with E-state index in [1.54, 1.807) is 48.5 Å². The van der Waals surface area contributed by atoms with E-state index in [-0.39, 0.29) is 128 Å². The average molecular weight is 983 g/mol. The van der Waals surface area contributed by atoms with Crippen LogP contribution in [0.15, 0.2) is 133 Å². The van der Waals surface area contributed by atoms with Gasteiger partial charge in [0.1, 0.15) is 24.0 Å². The Bertz CT molecular complexity index is 4250. The number of hydrogen-bond donors (Lipinski definition) is 0. The van der Waals surface area contributed by atoms with E-state index in [4.69, 9.17) is 6.57 Å². The Hall–Kier alpha value is -12.0. The Morgan fingerprint density at radius 2 is 0.816 bits per heavy atom. The fraction of sp³-hybridized carbons (Fsp3) is 0.0323. The number of nitrogens with zero attached hydrogens (tertiary/aromatic N) is 10. The molecular formula is C62H25F3N10O. The lowest BCUT2D eigenvalue weighted by Crippen LogP contribution is -2.17. The van der Waals surface area contributed by atoms with Gasteiger partial charge in [-0.15, -0.1) is 13.2 Å². The number of hydrogen-bond acceptors (Lipinski definition) is 10. The van der Waals surface area contributed by atoms with Crippen LogP contribution >= 0.6 is 0 Å². The number of fused-ring (bicyclic) bond motifs is 2. The highest BCUT2D eigenvalue weighted by Gasteiger charge is 2.44. The molecule has 14 heteroatoms. The second kappa shape index (κ2) is 19.6. The molecular weight excluding hydrogens is 958 g/mol. The summed E-state index contributed by atoms with van der Waals surface area (Å²) in [6, 6.07) is 51.9. The molecule has 0 atom stereocenters. The summed E-state index contributed by atoms with van der Waals surface area (Å²) in [6.45, 7) is 10.8. The third kappa shape index (κ3) is 8.47. The molecule has 0 aliphatic heterocycles. The molecule has 2 aliphatic rings. The second-order valence-electron chi connectivity index (χ2n) is 17.0. The molecule has 0 saturated heterocycles. The van der Waals surface area contributed by atoms with E-state index >= 15 is 0 Å². The smallest absolute Gasteiger partial charge is 0.406 e. The van der Waals surface area contributed by atoms with Crippen molar-refractivity contribution in [1.82, 2.24) is 0 Å². The van der Waals surface area contributed by atoms with Gasteiger partial charge >= 0.3 is 6.36 Å². The maximum atomic E-state index is 13.6. The molecule has 0 saturated carbocycles. The molecule has 0 amide bonds. The Balaban J connectivity index is 1.64. The Morgan fingerprint density at radius 3 is 1.20 bits per heavy atom. The van der Waals surface area contributed by atoms with Crippen molar-refractivity contribution in [2.45, 2.75) is 13.3 Å². The van der Waals surface area contributed by atoms with Crippen LogP contribution in [-0.4, -0.2) is 6.36 Å². The summed E-state index contributed by atoms with van der Waals surface area (Å²) in [5.41, 5.74) is 3.54. The SMILES string of the molecule is [C-]#[N+]/C(=C1/C(c2ccc(OC(F)(F)F)cc2)=C(C#N)c2c1c(-c1ccc(C#N)cc1)c1c(c2-c2ccc(C#N)cc2)/C(=C(\C#N)c2cc(C#N)cc(C#N)c2)C(c2ccc(C)cc2)=C1C#N)c1cc(C#N)cc(C#N)c1. The van der Waals surface area contributed by atoms with Crippen molar-refractivity contribution in [1.29, 1.82) is 47.4 Å². The normalized spacial score (nSPS) is 13.3. The van der Waals surface area contributed by atoms with E-state index in [0.29, 0.717) is 16.7 Å². The summed E-state index contributed by atoms with van der Waals surface area (Å²) in [5, 5.41) is 96.2. The predicted molar refractivity (Wildman–Crippen MR) is 273 cm³/mol. The first kappa shape index (κ1) is 49.0. The molecule has 0 bridgehead atoms. The van der Waals surface area contributed by atoms with Gasteiger partial charge in [-0.05, 0) is 141 Å². The van der Waals surface area contributed by atoms with Gasteiger partial charge in [0, 0.05) is 27.8 Å². The van der Waals surface area contributed by atoms with Crippen molar-refractivity contribution in [3.05, 3.63) is 228 Å². The Morgan fingerprint density at radius 1 is 0.434 bits per heavy atom. The number of rotatable bonds is 7. The van der Waals surface area contributed by atoms with E-state index in [1.807, 2.05) is 19.1 Å². The minimum Gasteiger partial charge on any atom is -0.406 e. The number of nitriles is 9. The number of ether oxygens (including phenoxy) is 1. The van der Waals surface area contributed by atoms with Gasteiger partial charge in [0.05, 0.1) is 93.1 Å². The first-order chi connectivity index (χ1) is 36.8. The number of benzene rings is 7. The number of halogens is 3. The van der Waals surface area contributed by atoms with Crippen LogP contribution in [0.2, 0.25) is 0 Å². The largest absolute Gasteiger partial charge is 0.573 e. The standard InChI is InChI=1S/C62H25F3N10O/c1-34-3-9-41(10-4-34)51-49(32-73)56-54(44-13-7-36(26-67)8-14-44)59-57(53(43-11-5-35(25-66)6-12-43)58(56)55(51)48(31-72)45-21-37(27-68)19-38(22-45)28-69)50(33-74)52(42-15-17-47(18-16-42)76-62(63,64)65)60(59)61(75-2)46-23-39(29-70)20-40(24-46)30-71/h3-24H,1H3/b55-48+,61-60-. The van der Waals surface area contributed by atoms with Crippen LogP contribution in [0.5, 0.6) is 5.75 Å². The lowest BCUT2D eigenvalue weighted by atomic mass is 9.77. The fourth-order valence-corrected chi connectivity index (χ4v) is 9.66. The lowest BCUT2D eigenvalue weighted by molar-refractivity contribution is -0.274. The summed E-state index contributed by atoms with van der Waals surface area (Å²) >= 11 is 0. The molecule has 9 rings (SSSR count). The maximum absolute atomic E-state index is 13.6. The molecule has 11 nitrogen and oxygen atoms in total. The average Bonchev–Trinajstić information content (AvgIpc) is 4.00. The van der Waals surface area contributed by atoms with Crippen LogP contribution in [0, 0.1) is 115 Å². The van der Waals surface area contributed by atoms with Crippen LogP contribution in [0.3, 0.4) is 0 Å². The second-order valence-corrected chi connectivity index (χ2v) is 17.0. The first-order valence-corrected chi connectivity index (χ1v) is 22.4. The van der Waals surface area contributed by atoms with Gasteiger partial charge in [0.15, 0.2) is 0 Å². The number of aryl methyl sites for hydroxylation is 1. The highest BCUT2D eigenvalue weighted by atomic mass is 19.4. The van der Waals surface area contributed by atoms with Crippen LogP contribution in [0.1, 0.15) is 83.5 Å². The quantitative estimate of drug-likeness (QED) is 0.108. The summed E-state index contributed by atoms with van der Waals surface area (Å²) in [5.74, 6) is -0.607. The third-order valence-corrected chi connectivity index (χ3v) is 12.7. The molecule has 2 aliphatic carbocycles. The molecule has 7 aromatic carbocycles. The predicted octanol–water partition coefficient (Wildman–Crippen LogP) is 13.6. The molecule has 0 N–H and O–H groups in total. The maximum Gasteiger partial charge on any atom is 0.573 e. The molecule has 7 aromatic rings. The zero-order valence-corrected chi connectivity index (χ0v) is 39.2. The highest BCUT2D eigenvalue weighted by molar-refractivity contribution is 6.38. The van der Waals surface area contributed by atoms with Crippen molar-refractivity contribution in [3.63, 3.8) is 0 Å². The molecule has 0 fully saturated rings. The van der Waals surface area contributed by atoms with Crippen molar-refractivity contribution >= 4 is 44.7 Å². The first-order valence-electron chi connectivity index (χ1n) is 22.4. The highest BCUT2D eigenvalue weighted by Crippen LogP contribution is 2.63. The summed E-state index contributed by atoms with van der Waals surface area (Å²) in [4.78, 5) is 4.05. The zero-order valence-electron chi connectivity index (χ0n) is 39.2. The summed E-state index contributed by atoms with van der Waals surface area (Å²) in [6.07, 6.45) is -5.08. The van der Waals surface area contributed by atoms with E-state index < -0.39 is 12.1 Å². The summed E-state index contributed by atoms with van der Waals surface area (Å²) in [7, 11) is 0. The Kier molecular flexibility index (Phi) is 12.7. The molecule has 76 heavy (non-hydrogen) atoms. The number of alkyl halides is 3. The van der Waals surface area contributed by atoms with Gasteiger partial charge in [-0.25, -0.2) is 4.85 Å². The molecule has 0 aromatic heterocycles. The van der Waals surface area contributed by atoms with Crippen molar-refractivity contribution in [2.75, 3.05) is 0 Å². The minimum atomic E-state index is -5.08. The van der Waals surface area contributed by atoms with Gasteiger partial charge in [-0.2, -0.15) is 47.4 Å². The van der Waals surface area contributed by atoms with E-state index in [1.165, 1.54) is 72.8 Å². The molecule has 0 heterocycles. The van der Waals surface area contributed by atoms with Gasteiger partial charge in [-0.3, -0.25) is 0 Å². The monoisotopic (exact) mass is 982 g/mol. The Labute approximate surface area is 432 Å². The molecule has 350 valence electrons. The zero-order chi connectivity index (χ0) is 54.0. The van der Waals surface area contributed by atoms with Gasteiger partial charge in [0.2, 0.25) is 5.70 Å². The van der Waals surface area contributed by atoms with Crippen LogP contribution in [0.25, 0.3) is 71.8 Å².